The van der Waals surface area contributed by atoms with Crippen LogP contribution in [0.2, 0.25) is 0 Å². The molecule has 5 atom stereocenters. The molecule has 0 radical (unpaired) electrons. The Morgan fingerprint density at radius 3 is 2.74 bits per heavy atom. The molecule has 4 N–H and O–H groups in total. The predicted octanol–water partition coefficient (Wildman–Crippen LogP) is 1.47. The molecule has 4 aliphatic carbocycles. The number of amides is 2. The summed E-state index contributed by atoms with van der Waals surface area (Å²) in [6.07, 6.45) is 8.22. The molecule has 0 spiro atoms. The number of aliphatic hydroxyl groups is 1. The van der Waals surface area contributed by atoms with Crippen LogP contribution in [0.25, 0.3) is 11.0 Å². The lowest BCUT2D eigenvalue weighted by Gasteiger charge is -2.58. The third kappa shape index (κ3) is 3.02. The SMILES string of the molecule is CN1CC(=O)N=C1NC(=O)c1cnc2[nH]ccc2c1N[C@H]1[C@@H]2CC3C[C@H]1C[C@@](O)(C3)C2. The summed E-state index contributed by atoms with van der Waals surface area (Å²) in [5, 5.41) is 18.3. The molecule has 4 fully saturated rings. The number of H-pyrrole nitrogens is 1. The first-order valence-corrected chi connectivity index (χ1v) is 11.0. The highest BCUT2D eigenvalue weighted by atomic mass is 16.3. The summed E-state index contributed by atoms with van der Waals surface area (Å²) in [5.41, 5.74) is 1.39. The number of aromatic nitrogens is 2. The van der Waals surface area contributed by atoms with Gasteiger partial charge >= 0.3 is 0 Å². The number of guanidine groups is 1. The fourth-order valence-corrected chi connectivity index (χ4v) is 6.53. The number of pyridine rings is 1. The van der Waals surface area contributed by atoms with E-state index in [0.29, 0.717) is 29.0 Å². The Labute approximate surface area is 179 Å². The highest BCUT2D eigenvalue weighted by Crippen LogP contribution is 2.56. The lowest BCUT2D eigenvalue weighted by atomic mass is 9.52. The van der Waals surface area contributed by atoms with E-state index < -0.39 is 5.60 Å². The van der Waals surface area contributed by atoms with Crippen molar-refractivity contribution in [3.8, 4) is 0 Å². The zero-order chi connectivity index (χ0) is 21.3. The first-order chi connectivity index (χ1) is 14.9. The van der Waals surface area contributed by atoms with Crippen molar-refractivity contribution in [1.82, 2.24) is 20.2 Å². The highest BCUT2D eigenvalue weighted by molar-refractivity contribution is 6.14. The predicted molar refractivity (Wildman–Crippen MR) is 115 cm³/mol. The molecule has 4 bridgehead atoms. The maximum Gasteiger partial charge on any atom is 0.268 e. The van der Waals surface area contributed by atoms with Gasteiger partial charge in [-0.05, 0) is 55.9 Å². The number of rotatable bonds is 3. The van der Waals surface area contributed by atoms with E-state index in [0.717, 1.165) is 43.2 Å². The largest absolute Gasteiger partial charge is 0.390 e. The number of hydrogen-bond acceptors (Lipinski definition) is 6. The molecule has 0 aromatic carbocycles. The van der Waals surface area contributed by atoms with Crippen molar-refractivity contribution in [3.63, 3.8) is 0 Å². The molecule has 7 rings (SSSR count). The lowest BCUT2D eigenvalue weighted by molar-refractivity contribution is -0.129. The summed E-state index contributed by atoms with van der Waals surface area (Å²) < 4.78 is 0. The van der Waals surface area contributed by atoms with E-state index in [1.54, 1.807) is 18.1 Å². The Kier molecular flexibility index (Phi) is 3.96. The first-order valence-electron chi connectivity index (χ1n) is 11.0. The molecule has 1 aliphatic heterocycles. The van der Waals surface area contributed by atoms with Crippen molar-refractivity contribution in [2.45, 2.75) is 43.7 Å². The van der Waals surface area contributed by atoms with Crippen LogP contribution < -0.4 is 10.6 Å². The minimum atomic E-state index is -0.506. The van der Waals surface area contributed by atoms with E-state index >= 15 is 0 Å². The van der Waals surface area contributed by atoms with E-state index in [4.69, 9.17) is 0 Å². The normalized spacial score (nSPS) is 33.8. The molecule has 31 heavy (non-hydrogen) atoms. The van der Waals surface area contributed by atoms with Gasteiger partial charge in [-0.2, -0.15) is 4.99 Å². The zero-order valence-electron chi connectivity index (χ0n) is 17.4. The number of aromatic amines is 1. The zero-order valence-corrected chi connectivity index (χ0v) is 17.4. The molecule has 3 heterocycles. The maximum atomic E-state index is 13.2. The summed E-state index contributed by atoms with van der Waals surface area (Å²) in [6, 6.07) is 2.14. The molecule has 2 aromatic heterocycles. The molecule has 162 valence electrons. The average molecular weight is 422 g/mol. The third-order valence-electron chi connectivity index (χ3n) is 7.57. The fourth-order valence-electron chi connectivity index (χ4n) is 6.53. The summed E-state index contributed by atoms with van der Waals surface area (Å²) in [5.74, 6) is 1.05. The van der Waals surface area contributed by atoms with E-state index in [9.17, 15) is 14.7 Å². The minimum absolute atomic E-state index is 0.158. The lowest BCUT2D eigenvalue weighted by Crippen LogP contribution is -2.59. The summed E-state index contributed by atoms with van der Waals surface area (Å²) >= 11 is 0. The fraction of sp³-hybridized carbons (Fsp3) is 0.545. The van der Waals surface area contributed by atoms with Crippen LogP contribution in [-0.4, -0.2) is 63.0 Å². The van der Waals surface area contributed by atoms with Crippen molar-refractivity contribution < 1.29 is 14.7 Å². The van der Waals surface area contributed by atoms with Crippen molar-refractivity contribution >= 4 is 34.5 Å². The monoisotopic (exact) mass is 422 g/mol. The van der Waals surface area contributed by atoms with Gasteiger partial charge < -0.3 is 20.3 Å². The number of nitrogens with zero attached hydrogens (tertiary/aromatic N) is 3. The van der Waals surface area contributed by atoms with Crippen LogP contribution in [-0.2, 0) is 4.79 Å². The topological polar surface area (TPSA) is 123 Å². The molecule has 9 heteroatoms. The number of likely N-dealkylation sites (N-methyl/N-ethyl adjacent to an activating group) is 1. The number of hydrogen-bond donors (Lipinski definition) is 4. The number of anilines is 1. The van der Waals surface area contributed by atoms with Gasteiger partial charge in [0.1, 0.15) is 12.2 Å². The Hall–Kier alpha value is -2.94. The van der Waals surface area contributed by atoms with Gasteiger partial charge in [-0.3, -0.25) is 14.9 Å². The van der Waals surface area contributed by atoms with Crippen LogP contribution >= 0.6 is 0 Å². The van der Waals surface area contributed by atoms with Crippen LogP contribution in [0.1, 0.15) is 42.5 Å². The molecule has 1 unspecified atom stereocenters. The molecule has 9 nitrogen and oxygen atoms in total. The third-order valence-corrected chi connectivity index (χ3v) is 7.57. The van der Waals surface area contributed by atoms with E-state index in [2.05, 4.69) is 25.6 Å². The molecular formula is C22H26N6O3. The van der Waals surface area contributed by atoms with E-state index in [-0.39, 0.29) is 30.4 Å². The molecule has 4 saturated carbocycles. The van der Waals surface area contributed by atoms with Gasteiger partial charge in [0.15, 0.2) is 0 Å². The van der Waals surface area contributed by atoms with Gasteiger partial charge in [0, 0.05) is 30.9 Å². The number of nitrogens with one attached hydrogen (secondary N) is 3. The van der Waals surface area contributed by atoms with Crippen LogP contribution in [0.5, 0.6) is 0 Å². The number of carbonyl (C=O) groups is 2. The smallest absolute Gasteiger partial charge is 0.268 e. The van der Waals surface area contributed by atoms with Crippen molar-refractivity contribution in [1.29, 1.82) is 0 Å². The van der Waals surface area contributed by atoms with Crippen LogP contribution in [0.15, 0.2) is 23.5 Å². The Bertz CT molecular complexity index is 1110. The second-order valence-corrected chi connectivity index (χ2v) is 9.79. The Balaban J connectivity index is 1.34. The molecule has 0 saturated heterocycles. The van der Waals surface area contributed by atoms with Crippen molar-refractivity contribution in [2.75, 3.05) is 18.9 Å². The van der Waals surface area contributed by atoms with Gasteiger partial charge in [0.25, 0.3) is 11.8 Å². The Morgan fingerprint density at radius 1 is 1.29 bits per heavy atom. The number of aliphatic imine (C=N–C) groups is 1. The molecule has 5 aliphatic rings. The van der Waals surface area contributed by atoms with Crippen molar-refractivity contribution in [2.24, 2.45) is 22.7 Å². The first kappa shape index (κ1) is 18.8. The number of carbonyl (C=O) groups excluding carboxylic acids is 2. The van der Waals surface area contributed by atoms with Gasteiger partial charge in [-0.25, -0.2) is 4.98 Å². The van der Waals surface area contributed by atoms with Gasteiger partial charge in [0.2, 0.25) is 5.96 Å². The minimum Gasteiger partial charge on any atom is -0.390 e. The summed E-state index contributed by atoms with van der Waals surface area (Å²) in [4.78, 5) is 37.8. The van der Waals surface area contributed by atoms with Gasteiger partial charge in [0.05, 0.1) is 16.9 Å². The molecule has 2 amide bonds. The van der Waals surface area contributed by atoms with Crippen molar-refractivity contribution in [3.05, 3.63) is 24.0 Å². The second-order valence-electron chi connectivity index (χ2n) is 9.79. The van der Waals surface area contributed by atoms with Crippen LogP contribution in [0, 0.1) is 17.8 Å². The quantitative estimate of drug-likeness (QED) is 0.594. The van der Waals surface area contributed by atoms with Crippen LogP contribution in [0.3, 0.4) is 0 Å². The standard InChI is InChI=1S/C22H26N6O3/c1-28-10-16(29)25-21(28)27-20(30)15-9-24-19-14(2-3-23-19)18(15)26-17-12-4-11-5-13(17)8-22(31,6-11)7-12/h2-3,9,11-13,17,31H,4-8,10H2,1H3,(H2,23,24,26)(H,25,27,29,30)/t11?,12-,13+,17+,22-. The van der Waals surface area contributed by atoms with Gasteiger partial charge in [-0.1, -0.05) is 0 Å². The van der Waals surface area contributed by atoms with E-state index in [1.165, 1.54) is 0 Å². The highest BCUT2D eigenvalue weighted by Gasteiger charge is 2.54. The number of fused-ring (bicyclic) bond motifs is 1. The Morgan fingerprint density at radius 2 is 2.06 bits per heavy atom. The second kappa shape index (κ2) is 6.53. The molecule has 2 aromatic rings. The van der Waals surface area contributed by atoms with Gasteiger partial charge in [-0.15, -0.1) is 0 Å². The maximum absolute atomic E-state index is 13.2. The van der Waals surface area contributed by atoms with Crippen LogP contribution in [0.4, 0.5) is 5.69 Å². The summed E-state index contributed by atoms with van der Waals surface area (Å²) in [7, 11) is 1.72. The average Bonchev–Trinajstić information content (AvgIpc) is 3.29. The molecular weight excluding hydrogens is 396 g/mol. The summed E-state index contributed by atoms with van der Waals surface area (Å²) in [6.45, 7) is 0.158. The van der Waals surface area contributed by atoms with E-state index in [1.807, 2.05) is 12.3 Å².